The van der Waals surface area contributed by atoms with Crippen LogP contribution >= 0.6 is 11.6 Å². The molecule has 2 aliphatic heterocycles. The Morgan fingerprint density at radius 2 is 1.74 bits per heavy atom. The highest BCUT2D eigenvalue weighted by molar-refractivity contribution is 6.30. The van der Waals surface area contributed by atoms with Crippen LogP contribution in [0.3, 0.4) is 0 Å². The number of para-hydroxylation sites is 1. The number of halogens is 1. The summed E-state index contributed by atoms with van der Waals surface area (Å²) in [6.07, 6.45) is 1.19. The summed E-state index contributed by atoms with van der Waals surface area (Å²) < 4.78 is 19.1. The molecule has 2 heterocycles. The third-order valence-corrected chi connectivity index (χ3v) is 9.39. The molecule has 3 aromatic carbocycles. The first-order valence-electron chi connectivity index (χ1n) is 17.8. The minimum absolute atomic E-state index is 0.0604. The van der Waals surface area contributed by atoms with E-state index in [9.17, 15) is 9.59 Å². The molecule has 3 aromatic rings. The van der Waals surface area contributed by atoms with E-state index in [1.165, 1.54) is 5.56 Å². The summed E-state index contributed by atoms with van der Waals surface area (Å²) in [6.45, 7) is 11.8. The van der Waals surface area contributed by atoms with Gasteiger partial charge >= 0.3 is 0 Å². The van der Waals surface area contributed by atoms with Gasteiger partial charge in [-0.15, -0.1) is 0 Å². The molecule has 0 saturated carbocycles. The number of hydrogen-bond acceptors (Lipinski definition) is 7. The monoisotopic (exact) mass is 704 g/mol. The molecular weight excluding hydrogens is 652 g/mol. The average molecular weight is 705 g/mol. The zero-order valence-corrected chi connectivity index (χ0v) is 31.0. The van der Waals surface area contributed by atoms with Gasteiger partial charge in [-0.1, -0.05) is 74.8 Å². The second kappa shape index (κ2) is 17.5. The molecule has 10 heteroatoms. The van der Waals surface area contributed by atoms with Crippen molar-refractivity contribution in [3.63, 3.8) is 0 Å². The maximum absolute atomic E-state index is 14.4. The molecule has 0 spiro atoms. The predicted molar refractivity (Wildman–Crippen MR) is 199 cm³/mol. The van der Waals surface area contributed by atoms with Gasteiger partial charge in [-0.2, -0.15) is 0 Å². The van der Waals surface area contributed by atoms with Crippen molar-refractivity contribution >= 4 is 29.1 Å². The maximum Gasteiger partial charge on any atom is 0.256 e. The van der Waals surface area contributed by atoms with E-state index < -0.39 is 12.2 Å². The third-order valence-electron chi connectivity index (χ3n) is 9.15. The van der Waals surface area contributed by atoms with Crippen LogP contribution in [0.25, 0.3) is 0 Å². The van der Waals surface area contributed by atoms with Crippen LogP contribution in [-0.2, 0) is 20.7 Å². The number of carbonyl (C=O) groups is 2. The van der Waals surface area contributed by atoms with Gasteiger partial charge in [0, 0.05) is 61.1 Å². The normalized spacial score (nSPS) is 18.2. The topological polar surface area (TPSA) is 83.6 Å². The van der Waals surface area contributed by atoms with Crippen molar-refractivity contribution in [1.82, 2.24) is 15.1 Å². The highest BCUT2D eigenvalue weighted by Crippen LogP contribution is 2.45. The number of piperazine rings is 1. The Bertz CT molecular complexity index is 1570. The molecule has 0 aliphatic carbocycles. The molecule has 0 radical (unpaired) electrons. The number of nitrogens with one attached hydrogen (secondary N) is 1. The van der Waals surface area contributed by atoms with E-state index in [1.807, 2.05) is 30.3 Å². The lowest BCUT2D eigenvalue weighted by Gasteiger charge is -2.32. The number of rotatable bonds is 14. The van der Waals surface area contributed by atoms with Crippen LogP contribution in [0.4, 0.5) is 5.69 Å². The number of anilines is 1. The van der Waals surface area contributed by atoms with Crippen molar-refractivity contribution in [3.05, 3.63) is 88.4 Å². The number of aryl methyl sites for hydroxylation is 1. The highest BCUT2D eigenvalue weighted by atomic mass is 35.5. The lowest BCUT2D eigenvalue weighted by molar-refractivity contribution is -0.143. The van der Waals surface area contributed by atoms with Crippen molar-refractivity contribution in [2.45, 2.75) is 58.7 Å². The van der Waals surface area contributed by atoms with Crippen LogP contribution in [0, 0.1) is 5.41 Å². The molecule has 1 N–H and O–H groups in total. The molecule has 0 bridgehead atoms. The van der Waals surface area contributed by atoms with Crippen LogP contribution in [-0.4, -0.2) is 94.3 Å². The molecule has 5 rings (SSSR count). The summed E-state index contributed by atoms with van der Waals surface area (Å²) in [4.78, 5) is 33.8. The van der Waals surface area contributed by atoms with Crippen molar-refractivity contribution < 1.29 is 23.8 Å². The Labute approximate surface area is 302 Å². The minimum atomic E-state index is -1.01. The van der Waals surface area contributed by atoms with Gasteiger partial charge < -0.3 is 34.2 Å². The van der Waals surface area contributed by atoms with E-state index in [0.29, 0.717) is 54.0 Å². The second-order valence-corrected chi connectivity index (χ2v) is 14.9. The van der Waals surface area contributed by atoms with Crippen molar-refractivity contribution in [2.24, 2.45) is 5.41 Å². The lowest BCUT2D eigenvalue weighted by atomic mass is 9.94. The number of fused-ring (bicyclic) bond motifs is 1. The predicted octanol–water partition coefficient (Wildman–Crippen LogP) is 6.37. The van der Waals surface area contributed by atoms with E-state index in [1.54, 1.807) is 23.0 Å². The van der Waals surface area contributed by atoms with Gasteiger partial charge in [0.1, 0.15) is 12.2 Å². The van der Waals surface area contributed by atoms with Crippen LogP contribution in [0.2, 0.25) is 5.02 Å². The number of amides is 2. The number of methoxy groups -OCH3 is 1. The first kappa shape index (κ1) is 37.6. The van der Waals surface area contributed by atoms with E-state index in [4.69, 9.17) is 25.8 Å². The van der Waals surface area contributed by atoms with Crippen LogP contribution in [0.15, 0.2) is 66.7 Å². The van der Waals surface area contributed by atoms with Crippen molar-refractivity contribution in [3.8, 4) is 11.5 Å². The Morgan fingerprint density at radius 1 is 1.00 bits per heavy atom. The van der Waals surface area contributed by atoms with E-state index in [0.717, 1.165) is 51.0 Å². The Hall–Kier alpha value is -3.63. The molecule has 1 saturated heterocycles. The first-order valence-corrected chi connectivity index (χ1v) is 18.2. The Kier molecular flexibility index (Phi) is 13.2. The van der Waals surface area contributed by atoms with Crippen molar-refractivity contribution in [1.29, 1.82) is 0 Å². The van der Waals surface area contributed by atoms with Gasteiger partial charge in [0.05, 0.1) is 20.1 Å². The zero-order valence-electron chi connectivity index (χ0n) is 30.3. The van der Waals surface area contributed by atoms with E-state index in [2.05, 4.69) is 68.4 Å². The van der Waals surface area contributed by atoms with Gasteiger partial charge in [-0.25, -0.2) is 0 Å². The van der Waals surface area contributed by atoms with Crippen molar-refractivity contribution in [2.75, 3.05) is 71.5 Å². The number of hydrogen-bond donors (Lipinski definition) is 1. The van der Waals surface area contributed by atoms with Gasteiger partial charge in [0.25, 0.3) is 5.91 Å². The standard InChI is InChI=1S/C40H53ClN4O5/c1-40(2,3)28-45-33-18-17-30(41)26-32(33)37(50-35(39(45)47)27-36(46)44-23-19-42-20-24-44)31-15-9-16-34(38(31)48-5)49-25-11-22-43(4)21-10-14-29-12-7-6-8-13-29/h6-9,12-13,15-18,26,35,37,42H,10-11,14,19-25,27-28H2,1-5H3/t35-,37-/m0/s1. The highest BCUT2D eigenvalue weighted by Gasteiger charge is 2.40. The van der Waals surface area contributed by atoms with Gasteiger partial charge in [0.2, 0.25) is 5.91 Å². The molecule has 0 aromatic heterocycles. The van der Waals surface area contributed by atoms with Crippen LogP contribution < -0.4 is 19.7 Å². The van der Waals surface area contributed by atoms with E-state index in [-0.39, 0.29) is 23.7 Å². The smallest absolute Gasteiger partial charge is 0.256 e. The number of nitrogens with zero attached hydrogens (tertiary/aromatic N) is 3. The SMILES string of the molecule is COc1c(OCCCN(C)CCCc2ccccc2)cccc1[C@@H]1O[C@@H](CC(=O)N2CCNCC2)C(=O)N(CC(C)(C)C)c2ccc(Cl)cc21. The minimum Gasteiger partial charge on any atom is -0.492 e. The second-order valence-electron chi connectivity index (χ2n) is 14.5. The summed E-state index contributed by atoms with van der Waals surface area (Å²) in [5.41, 5.74) is 3.29. The fourth-order valence-electron chi connectivity index (χ4n) is 6.68. The summed E-state index contributed by atoms with van der Waals surface area (Å²) in [6, 6.07) is 21.8. The fourth-order valence-corrected chi connectivity index (χ4v) is 6.86. The van der Waals surface area contributed by atoms with Crippen LogP contribution in [0.5, 0.6) is 11.5 Å². The summed E-state index contributed by atoms with van der Waals surface area (Å²) in [5.74, 6) is 0.786. The summed E-state index contributed by atoms with van der Waals surface area (Å²) in [7, 11) is 3.76. The molecule has 9 nitrogen and oxygen atoms in total. The quantitative estimate of drug-likeness (QED) is 0.195. The van der Waals surface area contributed by atoms with E-state index >= 15 is 0 Å². The molecule has 2 aliphatic rings. The zero-order chi connectivity index (χ0) is 35.7. The van der Waals surface area contributed by atoms with Gasteiger partial charge in [-0.05, 0) is 68.1 Å². The van der Waals surface area contributed by atoms with Gasteiger partial charge in [-0.3, -0.25) is 9.59 Å². The third kappa shape index (κ3) is 10.00. The average Bonchev–Trinajstić information content (AvgIpc) is 3.20. The summed E-state index contributed by atoms with van der Waals surface area (Å²) in [5, 5.41) is 3.81. The van der Waals surface area contributed by atoms with Gasteiger partial charge in [0.15, 0.2) is 11.5 Å². The molecular formula is C40H53ClN4O5. The van der Waals surface area contributed by atoms with Crippen LogP contribution in [0.1, 0.15) is 62.8 Å². The number of ether oxygens (including phenoxy) is 3. The largest absolute Gasteiger partial charge is 0.492 e. The summed E-state index contributed by atoms with van der Waals surface area (Å²) >= 11 is 6.61. The molecule has 1 fully saturated rings. The molecule has 2 atom stereocenters. The molecule has 270 valence electrons. The molecule has 2 amide bonds. The lowest BCUT2D eigenvalue weighted by Crippen LogP contribution is -2.49. The first-order chi connectivity index (χ1) is 24.0. The molecule has 50 heavy (non-hydrogen) atoms. The Balaban J connectivity index is 1.36. The maximum atomic E-state index is 14.4. The Morgan fingerprint density at radius 3 is 2.46 bits per heavy atom. The number of benzene rings is 3. The molecule has 0 unspecified atom stereocenters. The fraction of sp³-hybridized carbons (Fsp3) is 0.500. The number of carbonyl (C=O) groups excluding carboxylic acids is 2.